The van der Waals surface area contributed by atoms with Gasteiger partial charge in [-0.25, -0.2) is 4.98 Å². The maximum Gasteiger partial charge on any atom is 0.149 e. The van der Waals surface area contributed by atoms with Gasteiger partial charge in [0.05, 0.1) is 15.9 Å². The van der Waals surface area contributed by atoms with E-state index >= 15 is 0 Å². The van der Waals surface area contributed by atoms with E-state index in [1.807, 2.05) is 6.92 Å². The number of nitrogens with zero attached hydrogens (tertiary/aromatic N) is 2. The summed E-state index contributed by atoms with van der Waals surface area (Å²) in [5.74, 6) is 1.06. The second-order valence-electron chi connectivity index (χ2n) is 4.10. The molecule has 0 saturated heterocycles. The SMILES string of the molecule is C=c1nc(C2=N[C@@H](C)CS2)s/c1=C/C(C)=C\C. The molecule has 17 heavy (non-hydrogen) atoms. The Labute approximate surface area is 110 Å². The summed E-state index contributed by atoms with van der Waals surface area (Å²) >= 11 is 3.47. The van der Waals surface area contributed by atoms with E-state index in [1.165, 1.54) is 5.57 Å². The lowest BCUT2D eigenvalue weighted by atomic mass is 10.3. The number of thiazole rings is 1. The van der Waals surface area contributed by atoms with Crippen LogP contribution in [0.2, 0.25) is 0 Å². The molecule has 0 saturated carbocycles. The van der Waals surface area contributed by atoms with Gasteiger partial charge < -0.3 is 0 Å². The minimum atomic E-state index is 0.414. The van der Waals surface area contributed by atoms with Gasteiger partial charge in [0.1, 0.15) is 10.1 Å². The van der Waals surface area contributed by atoms with Crippen LogP contribution in [-0.2, 0) is 0 Å². The predicted octanol–water partition coefficient (Wildman–Crippen LogP) is 2.18. The minimum Gasteiger partial charge on any atom is -0.271 e. The van der Waals surface area contributed by atoms with Crippen molar-refractivity contribution in [3.05, 3.63) is 26.5 Å². The molecule has 2 rings (SSSR count). The molecular weight excluding hydrogens is 248 g/mol. The molecule has 1 aliphatic heterocycles. The van der Waals surface area contributed by atoms with E-state index in [9.17, 15) is 0 Å². The van der Waals surface area contributed by atoms with Crippen LogP contribution in [0, 0.1) is 0 Å². The van der Waals surface area contributed by atoms with Crippen LogP contribution >= 0.6 is 23.1 Å². The molecule has 1 atom stereocenters. The zero-order valence-corrected chi connectivity index (χ0v) is 12.0. The maximum atomic E-state index is 4.58. The van der Waals surface area contributed by atoms with Crippen molar-refractivity contribution in [2.24, 2.45) is 4.99 Å². The van der Waals surface area contributed by atoms with Gasteiger partial charge in [-0.2, -0.15) is 0 Å². The summed E-state index contributed by atoms with van der Waals surface area (Å²) in [6.07, 6.45) is 4.22. The van der Waals surface area contributed by atoms with E-state index in [0.717, 1.165) is 25.7 Å². The molecule has 0 N–H and O–H groups in total. The van der Waals surface area contributed by atoms with E-state index in [-0.39, 0.29) is 0 Å². The summed E-state index contributed by atoms with van der Waals surface area (Å²) in [4.78, 5) is 9.10. The van der Waals surface area contributed by atoms with Gasteiger partial charge in [-0.15, -0.1) is 23.1 Å². The molecule has 1 aliphatic rings. The topological polar surface area (TPSA) is 25.2 Å². The number of thioether (sulfide) groups is 1. The first-order chi connectivity index (χ1) is 8.10. The fraction of sp³-hybridized carbons (Fsp3) is 0.385. The van der Waals surface area contributed by atoms with Crippen LogP contribution in [0.1, 0.15) is 25.8 Å². The first-order valence-corrected chi connectivity index (χ1v) is 7.41. The third-order valence-electron chi connectivity index (χ3n) is 2.52. The number of hydrogen-bond donors (Lipinski definition) is 0. The molecule has 0 aromatic carbocycles. The van der Waals surface area contributed by atoms with Crippen molar-refractivity contribution in [3.8, 4) is 0 Å². The first kappa shape index (κ1) is 12.6. The Morgan fingerprint density at radius 1 is 1.53 bits per heavy atom. The molecule has 2 nitrogen and oxygen atoms in total. The van der Waals surface area contributed by atoms with Gasteiger partial charge in [0.25, 0.3) is 0 Å². The molecule has 1 aromatic rings. The summed E-state index contributed by atoms with van der Waals surface area (Å²) in [6.45, 7) is 10.3. The van der Waals surface area contributed by atoms with Gasteiger partial charge in [-0.05, 0) is 26.8 Å². The molecule has 0 amide bonds. The third-order valence-corrected chi connectivity index (χ3v) is 4.93. The van der Waals surface area contributed by atoms with Gasteiger partial charge in [0.15, 0.2) is 0 Å². The van der Waals surface area contributed by atoms with Crippen molar-refractivity contribution in [2.45, 2.75) is 26.8 Å². The van der Waals surface area contributed by atoms with E-state index in [4.69, 9.17) is 0 Å². The second-order valence-corrected chi connectivity index (χ2v) is 6.14. The normalized spacial score (nSPS) is 22.1. The van der Waals surface area contributed by atoms with Crippen LogP contribution in [0.15, 0.2) is 16.6 Å². The van der Waals surface area contributed by atoms with Crippen LogP contribution in [0.5, 0.6) is 0 Å². The molecule has 0 fully saturated rings. The average molecular weight is 264 g/mol. The van der Waals surface area contributed by atoms with Crippen molar-refractivity contribution in [2.75, 3.05) is 5.75 Å². The van der Waals surface area contributed by atoms with Crippen LogP contribution in [0.4, 0.5) is 0 Å². The number of aliphatic imine (C=N–C) groups is 1. The lowest BCUT2D eigenvalue weighted by Gasteiger charge is -1.89. The number of allylic oxidation sites excluding steroid dienone is 2. The monoisotopic (exact) mass is 264 g/mol. The lowest BCUT2D eigenvalue weighted by molar-refractivity contribution is 0.865. The minimum absolute atomic E-state index is 0.414. The van der Waals surface area contributed by atoms with E-state index in [2.05, 4.69) is 42.6 Å². The van der Waals surface area contributed by atoms with Crippen molar-refractivity contribution in [1.82, 2.24) is 4.98 Å². The fourth-order valence-electron chi connectivity index (χ4n) is 1.45. The molecular formula is C13H16N2S2. The van der Waals surface area contributed by atoms with Gasteiger partial charge in [-0.3, -0.25) is 4.99 Å². The lowest BCUT2D eigenvalue weighted by Crippen LogP contribution is -2.18. The van der Waals surface area contributed by atoms with Crippen molar-refractivity contribution in [3.63, 3.8) is 0 Å². The number of rotatable bonds is 2. The summed E-state index contributed by atoms with van der Waals surface area (Å²) in [5, 5.41) is 2.94. The van der Waals surface area contributed by atoms with Gasteiger partial charge in [-0.1, -0.05) is 18.2 Å². The second kappa shape index (κ2) is 5.19. The molecule has 0 spiro atoms. The molecule has 90 valence electrons. The Kier molecular flexibility index (Phi) is 3.84. The highest BCUT2D eigenvalue weighted by molar-refractivity contribution is 8.15. The van der Waals surface area contributed by atoms with E-state index < -0.39 is 0 Å². The molecule has 1 aromatic heterocycles. The Hall–Kier alpha value is -0.870. The smallest absolute Gasteiger partial charge is 0.149 e. The van der Waals surface area contributed by atoms with E-state index in [0.29, 0.717) is 6.04 Å². The van der Waals surface area contributed by atoms with Crippen LogP contribution in [0.3, 0.4) is 0 Å². The van der Waals surface area contributed by atoms with Gasteiger partial charge >= 0.3 is 0 Å². The molecule has 0 unspecified atom stereocenters. The summed E-state index contributed by atoms with van der Waals surface area (Å²) < 4.78 is 1.14. The standard InChI is InChI=1S/C13H16N2S2/c1-5-8(2)6-11-10(4)15-13(17-11)12-14-9(3)7-16-12/h5-6,9H,4,7H2,1-3H3/b8-5-,11-6+/t9-/m0/s1. The summed E-state index contributed by atoms with van der Waals surface area (Å²) in [7, 11) is 0. The zero-order chi connectivity index (χ0) is 12.4. The molecule has 2 heterocycles. The first-order valence-electron chi connectivity index (χ1n) is 5.61. The highest BCUT2D eigenvalue weighted by Crippen LogP contribution is 2.22. The maximum absolute atomic E-state index is 4.58. The van der Waals surface area contributed by atoms with Gasteiger partial charge in [0, 0.05) is 5.75 Å². The van der Waals surface area contributed by atoms with Crippen LogP contribution < -0.4 is 9.88 Å². The quantitative estimate of drug-likeness (QED) is 0.818. The molecule has 4 heteroatoms. The van der Waals surface area contributed by atoms with Crippen LogP contribution in [0.25, 0.3) is 12.7 Å². The number of hydrogen-bond acceptors (Lipinski definition) is 4. The highest BCUT2D eigenvalue weighted by atomic mass is 32.2. The van der Waals surface area contributed by atoms with Crippen molar-refractivity contribution < 1.29 is 0 Å². The number of aromatic nitrogens is 1. The molecule has 0 bridgehead atoms. The highest BCUT2D eigenvalue weighted by Gasteiger charge is 2.17. The predicted molar refractivity (Wildman–Crippen MR) is 79.2 cm³/mol. The Morgan fingerprint density at radius 3 is 2.88 bits per heavy atom. The largest absolute Gasteiger partial charge is 0.271 e. The summed E-state index contributed by atoms with van der Waals surface area (Å²) in [5.41, 5.74) is 1.24. The van der Waals surface area contributed by atoms with E-state index in [1.54, 1.807) is 23.1 Å². The Morgan fingerprint density at radius 2 is 2.29 bits per heavy atom. The summed E-state index contributed by atoms with van der Waals surface area (Å²) in [6, 6.07) is 0.414. The third kappa shape index (κ3) is 2.87. The van der Waals surface area contributed by atoms with Crippen LogP contribution in [-0.4, -0.2) is 21.8 Å². The fourth-order valence-corrected chi connectivity index (χ4v) is 3.56. The van der Waals surface area contributed by atoms with Gasteiger partial charge in [0.2, 0.25) is 0 Å². The molecule has 0 radical (unpaired) electrons. The Balaban J connectivity index is 2.41. The zero-order valence-electron chi connectivity index (χ0n) is 10.4. The average Bonchev–Trinajstić information content (AvgIpc) is 2.86. The van der Waals surface area contributed by atoms with Crippen molar-refractivity contribution >= 4 is 40.8 Å². The Bertz CT molecular complexity index is 581. The molecule has 0 aliphatic carbocycles. The van der Waals surface area contributed by atoms with Crippen molar-refractivity contribution in [1.29, 1.82) is 0 Å².